The fourth-order valence-corrected chi connectivity index (χ4v) is 2.84. The smallest absolute Gasteiger partial charge is 0.323 e. The summed E-state index contributed by atoms with van der Waals surface area (Å²) >= 11 is 0. The summed E-state index contributed by atoms with van der Waals surface area (Å²) in [6.07, 6.45) is 1.45. The van der Waals surface area contributed by atoms with Crippen LogP contribution in [0.3, 0.4) is 0 Å². The molecule has 0 saturated carbocycles. The number of esters is 2. The van der Waals surface area contributed by atoms with E-state index in [2.05, 4.69) is 6.58 Å². The van der Waals surface area contributed by atoms with E-state index >= 15 is 0 Å². The van der Waals surface area contributed by atoms with Crippen LogP contribution in [0.5, 0.6) is 0 Å². The molecule has 0 saturated heterocycles. The number of carbonyl (C=O) groups is 2. The van der Waals surface area contributed by atoms with Gasteiger partial charge in [-0.1, -0.05) is 66.7 Å². The molecule has 0 heterocycles. The van der Waals surface area contributed by atoms with E-state index < -0.39 is 30.1 Å². The summed E-state index contributed by atoms with van der Waals surface area (Å²) < 4.78 is 16.1. The van der Waals surface area contributed by atoms with E-state index in [1.54, 1.807) is 6.08 Å². The second-order valence-electron chi connectivity index (χ2n) is 7.11. The quantitative estimate of drug-likeness (QED) is 0.285. The molecule has 7 heteroatoms. The van der Waals surface area contributed by atoms with Crippen LogP contribution in [0.2, 0.25) is 0 Å². The first-order chi connectivity index (χ1) is 15.0. The Balaban J connectivity index is 1.87. The minimum Gasteiger partial charge on any atom is -0.460 e. The van der Waals surface area contributed by atoms with Gasteiger partial charge >= 0.3 is 11.9 Å². The van der Waals surface area contributed by atoms with Crippen molar-refractivity contribution in [1.29, 1.82) is 0 Å². The summed E-state index contributed by atoms with van der Waals surface area (Å²) in [6, 6.07) is 17.1. The largest absolute Gasteiger partial charge is 0.460 e. The standard InChI is InChI=1S/C24H30N2O5/c1-2-13-29-16-20(31-24(28)22(26)15-19-11-7-4-8-12-19)17-30-23(27)21(25)14-18-9-5-3-6-10-18/h2-12,20-22H,1,13-17,25-26H2/t20?,21-,22-/m0/s1. The van der Waals surface area contributed by atoms with Crippen LogP contribution in [0.15, 0.2) is 73.3 Å². The van der Waals surface area contributed by atoms with Gasteiger partial charge in [-0.15, -0.1) is 6.58 Å². The van der Waals surface area contributed by atoms with Crippen molar-refractivity contribution in [2.24, 2.45) is 11.5 Å². The molecule has 0 bridgehead atoms. The van der Waals surface area contributed by atoms with Crippen molar-refractivity contribution < 1.29 is 23.8 Å². The third kappa shape index (κ3) is 9.13. The third-order valence-corrected chi connectivity index (χ3v) is 4.44. The summed E-state index contributed by atoms with van der Waals surface area (Å²) in [5.41, 5.74) is 13.8. The van der Waals surface area contributed by atoms with Gasteiger partial charge in [-0.25, -0.2) is 0 Å². The minimum atomic E-state index is -0.847. The zero-order valence-electron chi connectivity index (χ0n) is 17.5. The fraction of sp³-hybridized carbons (Fsp3) is 0.333. The van der Waals surface area contributed by atoms with Crippen LogP contribution in [0.1, 0.15) is 11.1 Å². The molecule has 0 radical (unpaired) electrons. The molecule has 0 aliphatic rings. The van der Waals surface area contributed by atoms with Crippen molar-refractivity contribution in [1.82, 2.24) is 0 Å². The van der Waals surface area contributed by atoms with Gasteiger partial charge in [0.25, 0.3) is 0 Å². The van der Waals surface area contributed by atoms with Gasteiger partial charge in [0, 0.05) is 0 Å². The van der Waals surface area contributed by atoms with Gasteiger partial charge in [-0.2, -0.15) is 0 Å². The Bertz CT molecular complexity index is 813. The average molecular weight is 427 g/mol. The van der Waals surface area contributed by atoms with E-state index in [9.17, 15) is 9.59 Å². The molecule has 0 aliphatic carbocycles. The van der Waals surface area contributed by atoms with Crippen molar-refractivity contribution >= 4 is 11.9 Å². The zero-order chi connectivity index (χ0) is 22.5. The molecular formula is C24H30N2O5. The molecule has 0 spiro atoms. The number of carbonyl (C=O) groups excluding carboxylic acids is 2. The van der Waals surface area contributed by atoms with Gasteiger partial charge < -0.3 is 25.7 Å². The molecule has 3 atom stereocenters. The first kappa shape index (κ1) is 24.3. The molecule has 1 unspecified atom stereocenters. The number of benzene rings is 2. The highest BCUT2D eigenvalue weighted by molar-refractivity contribution is 5.77. The third-order valence-electron chi connectivity index (χ3n) is 4.44. The normalized spacial score (nSPS) is 13.6. The lowest BCUT2D eigenvalue weighted by Crippen LogP contribution is -2.41. The molecule has 0 aliphatic heterocycles. The van der Waals surface area contributed by atoms with E-state index in [0.29, 0.717) is 12.8 Å². The molecule has 7 nitrogen and oxygen atoms in total. The Kier molecular flexibility index (Phi) is 10.4. The molecule has 2 aromatic carbocycles. The molecule has 0 aromatic heterocycles. The first-order valence-corrected chi connectivity index (χ1v) is 10.1. The summed E-state index contributed by atoms with van der Waals surface area (Å²) in [5.74, 6) is -1.18. The lowest BCUT2D eigenvalue weighted by atomic mass is 10.1. The van der Waals surface area contributed by atoms with Crippen LogP contribution in [0, 0.1) is 0 Å². The molecule has 31 heavy (non-hydrogen) atoms. The summed E-state index contributed by atoms with van der Waals surface area (Å²) in [4.78, 5) is 24.7. The van der Waals surface area contributed by atoms with Gasteiger partial charge in [0.2, 0.25) is 0 Å². The van der Waals surface area contributed by atoms with Crippen molar-refractivity contribution in [3.05, 3.63) is 84.4 Å². The predicted molar refractivity (Wildman–Crippen MR) is 118 cm³/mol. The molecule has 0 amide bonds. The van der Waals surface area contributed by atoms with Gasteiger partial charge in [0.1, 0.15) is 18.7 Å². The van der Waals surface area contributed by atoms with Crippen molar-refractivity contribution in [3.63, 3.8) is 0 Å². The molecular weight excluding hydrogens is 396 g/mol. The van der Waals surface area contributed by atoms with Gasteiger partial charge in [-0.3, -0.25) is 9.59 Å². The molecule has 2 rings (SSSR count). The van der Waals surface area contributed by atoms with Crippen LogP contribution < -0.4 is 11.5 Å². The van der Waals surface area contributed by atoms with E-state index in [4.69, 9.17) is 25.7 Å². The maximum absolute atomic E-state index is 12.4. The predicted octanol–water partition coefficient (Wildman–Crippen LogP) is 1.78. The Morgan fingerprint density at radius 1 is 0.839 bits per heavy atom. The second-order valence-corrected chi connectivity index (χ2v) is 7.11. The number of hydrogen-bond donors (Lipinski definition) is 2. The van der Waals surface area contributed by atoms with Crippen LogP contribution in [0.25, 0.3) is 0 Å². The first-order valence-electron chi connectivity index (χ1n) is 10.1. The second kappa shape index (κ2) is 13.3. The maximum atomic E-state index is 12.4. The highest BCUT2D eigenvalue weighted by Gasteiger charge is 2.24. The van der Waals surface area contributed by atoms with Crippen molar-refractivity contribution in [2.75, 3.05) is 19.8 Å². The Labute approximate surface area is 183 Å². The van der Waals surface area contributed by atoms with Gasteiger partial charge in [-0.05, 0) is 24.0 Å². The van der Waals surface area contributed by atoms with Crippen molar-refractivity contribution in [2.45, 2.75) is 31.0 Å². The molecule has 0 fully saturated rings. The zero-order valence-corrected chi connectivity index (χ0v) is 17.5. The van der Waals surface area contributed by atoms with Crippen LogP contribution in [-0.2, 0) is 36.6 Å². The Morgan fingerprint density at radius 2 is 1.35 bits per heavy atom. The summed E-state index contributed by atoms with van der Waals surface area (Å²) in [6.45, 7) is 3.71. The lowest BCUT2D eigenvalue weighted by Gasteiger charge is -2.21. The van der Waals surface area contributed by atoms with E-state index in [0.717, 1.165) is 11.1 Å². The minimum absolute atomic E-state index is 0.0387. The average Bonchev–Trinajstić information content (AvgIpc) is 2.78. The fourth-order valence-electron chi connectivity index (χ4n) is 2.84. The van der Waals surface area contributed by atoms with Gasteiger partial charge in [0.15, 0.2) is 6.10 Å². The summed E-state index contributed by atoms with van der Waals surface area (Å²) in [5, 5.41) is 0. The lowest BCUT2D eigenvalue weighted by molar-refractivity contribution is -0.164. The topological polar surface area (TPSA) is 114 Å². The van der Waals surface area contributed by atoms with E-state index in [1.165, 1.54) is 0 Å². The van der Waals surface area contributed by atoms with Crippen LogP contribution >= 0.6 is 0 Å². The van der Waals surface area contributed by atoms with E-state index in [1.807, 2.05) is 60.7 Å². The molecule has 4 N–H and O–H groups in total. The highest BCUT2D eigenvalue weighted by Crippen LogP contribution is 2.07. The van der Waals surface area contributed by atoms with Crippen LogP contribution in [-0.4, -0.2) is 49.9 Å². The Morgan fingerprint density at radius 3 is 1.87 bits per heavy atom. The number of ether oxygens (including phenoxy) is 3. The Hall–Kier alpha value is -3.00. The summed E-state index contributed by atoms with van der Waals surface area (Å²) in [7, 11) is 0. The monoisotopic (exact) mass is 426 g/mol. The highest BCUT2D eigenvalue weighted by atomic mass is 16.6. The maximum Gasteiger partial charge on any atom is 0.323 e. The molecule has 166 valence electrons. The van der Waals surface area contributed by atoms with E-state index in [-0.39, 0.29) is 19.8 Å². The van der Waals surface area contributed by atoms with Crippen molar-refractivity contribution in [3.8, 4) is 0 Å². The van der Waals surface area contributed by atoms with Gasteiger partial charge in [0.05, 0.1) is 13.2 Å². The number of rotatable bonds is 13. The van der Waals surface area contributed by atoms with Crippen LogP contribution in [0.4, 0.5) is 0 Å². The number of hydrogen-bond acceptors (Lipinski definition) is 7. The number of nitrogens with two attached hydrogens (primary N) is 2. The molecule has 2 aromatic rings. The SMILES string of the molecule is C=CCOCC(COC(=O)[C@@H](N)Cc1ccccc1)OC(=O)[C@@H](N)Cc1ccccc1.